The van der Waals surface area contributed by atoms with Gasteiger partial charge >= 0.3 is 5.97 Å². The molecular weight excluding hydrogens is 286 g/mol. The van der Waals surface area contributed by atoms with Crippen LogP contribution in [-0.4, -0.2) is 43.0 Å². The number of nitrogens with one attached hydrogen (secondary N) is 1. The summed E-state index contributed by atoms with van der Waals surface area (Å²) in [5, 5.41) is 9.59. The molecule has 0 aliphatic carbocycles. The average Bonchev–Trinajstić information content (AvgIpc) is 2.52. The number of nitrogens with zero attached hydrogens (tertiary/aromatic N) is 2. The van der Waals surface area contributed by atoms with E-state index in [0.29, 0.717) is 10.7 Å². The predicted octanol–water partition coefficient (Wildman–Crippen LogP) is 2.41. The van der Waals surface area contributed by atoms with Crippen LogP contribution in [0.1, 0.15) is 35.7 Å². The SMILES string of the molecule is CCCCNC(=S)N(C)/N=C/c1ccc(C(=O)OC)cc1. The van der Waals surface area contributed by atoms with Gasteiger partial charge in [-0.05, 0) is 36.3 Å². The van der Waals surface area contributed by atoms with Crippen molar-refractivity contribution in [3.8, 4) is 0 Å². The molecule has 0 fully saturated rings. The molecule has 0 saturated carbocycles. The summed E-state index contributed by atoms with van der Waals surface area (Å²) in [4.78, 5) is 11.3. The first kappa shape index (κ1) is 17.1. The lowest BCUT2D eigenvalue weighted by Gasteiger charge is -2.15. The number of thiocarbonyl (C=S) groups is 1. The Morgan fingerprint density at radius 3 is 2.67 bits per heavy atom. The monoisotopic (exact) mass is 307 g/mol. The van der Waals surface area contributed by atoms with Crippen LogP contribution in [0, 0.1) is 0 Å². The Balaban J connectivity index is 2.55. The van der Waals surface area contributed by atoms with E-state index < -0.39 is 0 Å². The zero-order valence-electron chi connectivity index (χ0n) is 12.6. The van der Waals surface area contributed by atoms with E-state index >= 15 is 0 Å². The summed E-state index contributed by atoms with van der Waals surface area (Å²) in [6.07, 6.45) is 3.89. The zero-order valence-corrected chi connectivity index (χ0v) is 13.4. The molecule has 6 heteroatoms. The summed E-state index contributed by atoms with van der Waals surface area (Å²) in [5.41, 5.74) is 1.39. The van der Waals surface area contributed by atoms with Crippen molar-refractivity contribution in [2.24, 2.45) is 5.10 Å². The molecule has 21 heavy (non-hydrogen) atoms. The Labute approximate surface area is 131 Å². The number of rotatable bonds is 6. The van der Waals surface area contributed by atoms with Gasteiger partial charge in [-0.2, -0.15) is 5.10 Å². The first-order valence-electron chi connectivity index (χ1n) is 6.82. The van der Waals surface area contributed by atoms with Crippen LogP contribution >= 0.6 is 12.2 Å². The summed E-state index contributed by atoms with van der Waals surface area (Å²) in [6, 6.07) is 7.00. The first-order chi connectivity index (χ1) is 10.1. The van der Waals surface area contributed by atoms with Crippen molar-refractivity contribution in [1.29, 1.82) is 0 Å². The fourth-order valence-electron chi connectivity index (χ4n) is 1.52. The number of methoxy groups -OCH3 is 1. The number of ether oxygens (including phenoxy) is 1. The lowest BCUT2D eigenvalue weighted by Crippen LogP contribution is -2.34. The molecule has 0 heterocycles. The van der Waals surface area contributed by atoms with Crippen LogP contribution in [0.15, 0.2) is 29.4 Å². The molecule has 0 radical (unpaired) electrons. The lowest BCUT2D eigenvalue weighted by atomic mass is 10.1. The fourth-order valence-corrected chi connectivity index (χ4v) is 1.66. The van der Waals surface area contributed by atoms with Gasteiger partial charge in [0.15, 0.2) is 5.11 Å². The normalized spacial score (nSPS) is 10.4. The Hall–Kier alpha value is -1.95. The highest BCUT2D eigenvalue weighted by Crippen LogP contribution is 2.04. The number of carbonyl (C=O) groups is 1. The molecule has 114 valence electrons. The van der Waals surface area contributed by atoms with Crippen LogP contribution in [0.3, 0.4) is 0 Å². The Bertz CT molecular complexity index is 500. The predicted molar refractivity (Wildman–Crippen MR) is 88.6 cm³/mol. The van der Waals surface area contributed by atoms with Crippen LogP contribution in [-0.2, 0) is 4.74 Å². The second-order valence-electron chi connectivity index (χ2n) is 4.47. The molecule has 0 aliphatic heterocycles. The molecule has 0 saturated heterocycles. The third kappa shape index (κ3) is 5.91. The molecule has 1 aromatic carbocycles. The van der Waals surface area contributed by atoms with Crippen LogP contribution in [0.25, 0.3) is 0 Å². The zero-order chi connectivity index (χ0) is 15.7. The van der Waals surface area contributed by atoms with Gasteiger partial charge < -0.3 is 10.1 Å². The van der Waals surface area contributed by atoms with Crippen LogP contribution in [0.5, 0.6) is 0 Å². The summed E-state index contributed by atoms with van der Waals surface area (Å²) < 4.78 is 4.65. The van der Waals surface area contributed by atoms with E-state index in [0.717, 1.165) is 24.9 Å². The molecule has 0 unspecified atom stereocenters. The molecule has 0 aromatic heterocycles. The number of hydrogen-bond donors (Lipinski definition) is 1. The number of unbranched alkanes of at least 4 members (excludes halogenated alkanes) is 1. The molecule has 1 rings (SSSR count). The number of hydrazone groups is 1. The largest absolute Gasteiger partial charge is 0.465 e. The van der Waals surface area contributed by atoms with Gasteiger partial charge in [-0.25, -0.2) is 9.80 Å². The second kappa shape index (κ2) is 9.07. The van der Waals surface area contributed by atoms with E-state index in [1.54, 1.807) is 42.5 Å². The van der Waals surface area contributed by atoms with Gasteiger partial charge in [-0.1, -0.05) is 25.5 Å². The number of hydrogen-bond acceptors (Lipinski definition) is 4. The number of benzene rings is 1. The quantitative estimate of drug-likeness (QED) is 0.287. The molecule has 0 aliphatic rings. The van der Waals surface area contributed by atoms with Gasteiger partial charge in [0.25, 0.3) is 0 Å². The van der Waals surface area contributed by atoms with Gasteiger partial charge in [-0.3, -0.25) is 0 Å². The maximum absolute atomic E-state index is 11.3. The van der Waals surface area contributed by atoms with E-state index in [4.69, 9.17) is 12.2 Å². The Morgan fingerprint density at radius 1 is 1.43 bits per heavy atom. The molecule has 0 bridgehead atoms. The van der Waals surface area contributed by atoms with Crippen molar-refractivity contribution in [1.82, 2.24) is 10.3 Å². The molecule has 0 amide bonds. The van der Waals surface area contributed by atoms with Gasteiger partial charge in [0, 0.05) is 13.6 Å². The molecule has 0 atom stereocenters. The van der Waals surface area contributed by atoms with Crippen molar-refractivity contribution in [2.75, 3.05) is 20.7 Å². The fraction of sp³-hybridized carbons (Fsp3) is 0.400. The topological polar surface area (TPSA) is 53.9 Å². The molecule has 1 N–H and O–H groups in total. The van der Waals surface area contributed by atoms with Gasteiger partial charge in [0.2, 0.25) is 0 Å². The van der Waals surface area contributed by atoms with Crippen LogP contribution in [0.4, 0.5) is 0 Å². The van der Waals surface area contributed by atoms with Crippen LogP contribution in [0.2, 0.25) is 0 Å². The third-order valence-corrected chi connectivity index (χ3v) is 3.22. The highest BCUT2D eigenvalue weighted by molar-refractivity contribution is 7.80. The highest BCUT2D eigenvalue weighted by Gasteiger charge is 2.04. The molecule has 5 nitrogen and oxygen atoms in total. The molecule has 0 spiro atoms. The lowest BCUT2D eigenvalue weighted by molar-refractivity contribution is 0.0601. The minimum atomic E-state index is -0.350. The molecular formula is C15H21N3O2S. The smallest absolute Gasteiger partial charge is 0.337 e. The maximum atomic E-state index is 11.3. The Morgan fingerprint density at radius 2 is 2.10 bits per heavy atom. The van der Waals surface area contributed by atoms with Gasteiger partial charge in [-0.15, -0.1) is 0 Å². The number of esters is 1. The standard InChI is InChI=1S/C15H21N3O2S/c1-4-5-10-16-15(21)18(2)17-11-12-6-8-13(9-7-12)14(19)20-3/h6-9,11H,4-5,10H2,1-3H3,(H,16,21)/b17-11+. The summed E-state index contributed by atoms with van der Waals surface area (Å²) >= 11 is 5.22. The van der Waals surface area contributed by atoms with E-state index in [9.17, 15) is 4.79 Å². The van der Waals surface area contributed by atoms with E-state index in [-0.39, 0.29) is 5.97 Å². The van der Waals surface area contributed by atoms with Crippen molar-refractivity contribution < 1.29 is 9.53 Å². The van der Waals surface area contributed by atoms with Gasteiger partial charge in [0.05, 0.1) is 18.9 Å². The second-order valence-corrected chi connectivity index (χ2v) is 4.85. The third-order valence-electron chi connectivity index (χ3n) is 2.81. The average molecular weight is 307 g/mol. The van der Waals surface area contributed by atoms with E-state index in [1.807, 2.05) is 0 Å². The summed E-state index contributed by atoms with van der Waals surface area (Å²) in [6.45, 7) is 2.98. The minimum Gasteiger partial charge on any atom is -0.465 e. The number of carbonyl (C=O) groups excluding carboxylic acids is 1. The highest BCUT2D eigenvalue weighted by atomic mass is 32.1. The van der Waals surface area contributed by atoms with Crippen molar-refractivity contribution >= 4 is 29.5 Å². The first-order valence-corrected chi connectivity index (χ1v) is 7.23. The Kier molecular flexibility index (Phi) is 7.39. The van der Waals surface area contributed by atoms with E-state index in [1.165, 1.54) is 7.11 Å². The van der Waals surface area contributed by atoms with Gasteiger partial charge in [0.1, 0.15) is 0 Å². The maximum Gasteiger partial charge on any atom is 0.337 e. The van der Waals surface area contributed by atoms with Crippen LogP contribution < -0.4 is 5.32 Å². The van der Waals surface area contributed by atoms with E-state index in [2.05, 4.69) is 22.1 Å². The summed E-state index contributed by atoms with van der Waals surface area (Å²) in [7, 11) is 3.15. The minimum absolute atomic E-state index is 0.350. The van der Waals surface area contributed by atoms with Crippen molar-refractivity contribution in [2.45, 2.75) is 19.8 Å². The van der Waals surface area contributed by atoms with Crippen molar-refractivity contribution in [3.63, 3.8) is 0 Å². The summed E-state index contributed by atoms with van der Waals surface area (Å²) in [5.74, 6) is -0.350. The van der Waals surface area contributed by atoms with Crippen molar-refractivity contribution in [3.05, 3.63) is 35.4 Å². The molecule has 1 aromatic rings.